The third kappa shape index (κ3) is 3.09. The topological polar surface area (TPSA) is 20.3 Å². The number of nitrogens with zero attached hydrogens (tertiary/aromatic N) is 1. The number of hydrogen-bond acceptors (Lipinski definition) is 1. The molecule has 1 fully saturated rings. The molecule has 0 spiro atoms. The third-order valence-electron chi connectivity index (χ3n) is 3.38. The summed E-state index contributed by atoms with van der Waals surface area (Å²) in [5.74, 6) is 1.30. The Bertz CT molecular complexity index is 372. The highest BCUT2D eigenvalue weighted by atomic mass is 16.2. The van der Waals surface area contributed by atoms with Crippen LogP contribution in [0.15, 0.2) is 30.3 Å². The number of benzene rings is 1. The molecule has 1 saturated heterocycles. The van der Waals surface area contributed by atoms with Crippen LogP contribution in [-0.2, 0) is 4.79 Å². The lowest BCUT2D eigenvalue weighted by Crippen LogP contribution is -2.40. The summed E-state index contributed by atoms with van der Waals surface area (Å²) in [6.45, 7) is 6.14. The average Bonchev–Trinajstić information content (AvgIpc) is 2.32. The maximum atomic E-state index is 12.0. The van der Waals surface area contributed by atoms with Crippen LogP contribution >= 0.6 is 0 Å². The number of carbonyl (C=O) groups is 1. The van der Waals surface area contributed by atoms with Gasteiger partial charge in [0.1, 0.15) is 0 Å². The van der Waals surface area contributed by atoms with Gasteiger partial charge in [-0.2, -0.15) is 0 Å². The Morgan fingerprint density at radius 3 is 2.59 bits per heavy atom. The Morgan fingerprint density at radius 1 is 1.29 bits per heavy atom. The Balaban J connectivity index is 1.98. The molecule has 1 aliphatic rings. The summed E-state index contributed by atoms with van der Waals surface area (Å²) in [6.07, 6.45) is 1.78. The molecule has 0 aliphatic carbocycles. The van der Waals surface area contributed by atoms with Gasteiger partial charge in [0.25, 0.3) is 0 Å². The molecular weight excluding hydrogens is 210 g/mol. The van der Waals surface area contributed by atoms with Crippen molar-refractivity contribution in [1.82, 2.24) is 4.90 Å². The van der Waals surface area contributed by atoms with Gasteiger partial charge in [-0.05, 0) is 23.8 Å². The third-order valence-corrected chi connectivity index (χ3v) is 3.38. The first-order chi connectivity index (χ1) is 8.16. The van der Waals surface area contributed by atoms with Crippen molar-refractivity contribution < 1.29 is 4.79 Å². The van der Waals surface area contributed by atoms with E-state index >= 15 is 0 Å². The van der Waals surface area contributed by atoms with E-state index in [9.17, 15) is 4.79 Å². The molecule has 0 radical (unpaired) electrons. The molecule has 92 valence electrons. The predicted octanol–water partition coefficient (Wildman–Crippen LogP) is 3.05. The fourth-order valence-electron chi connectivity index (χ4n) is 2.52. The second kappa shape index (κ2) is 5.35. The molecule has 0 N–H and O–H groups in total. The molecule has 1 aromatic carbocycles. The minimum absolute atomic E-state index is 0.318. The Morgan fingerprint density at radius 2 is 2.00 bits per heavy atom. The molecule has 2 nitrogen and oxygen atoms in total. The summed E-state index contributed by atoms with van der Waals surface area (Å²) in [6, 6.07) is 10.4. The van der Waals surface area contributed by atoms with Crippen LogP contribution in [0.2, 0.25) is 0 Å². The van der Waals surface area contributed by atoms with Gasteiger partial charge in [-0.25, -0.2) is 0 Å². The number of amides is 1. The van der Waals surface area contributed by atoms with Gasteiger partial charge >= 0.3 is 0 Å². The van der Waals surface area contributed by atoms with Crippen LogP contribution in [0.3, 0.4) is 0 Å². The van der Waals surface area contributed by atoms with Gasteiger partial charge in [-0.3, -0.25) is 4.79 Å². The van der Waals surface area contributed by atoms with Gasteiger partial charge in [0.15, 0.2) is 0 Å². The first kappa shape index (κ1) is 12.2. The summed E-state index contributed by atoms with van der Waals surface area (Å²) >= 11 is 0. The van der Waals surface area contributed by atoms with E-state index in [0.29, 0.717) is 24.2 Å². The molecule has 1 unspecified atom stereocenters. The second-order valence-corrected chi connectivity index (χ2v) is 5.33. The Hall–Kier alpha value is -1.31. The van der Waals surface area contributed by atoms with Crippen LogP contribution in [-0.4, -0.2) is 23.9 Å². The summed E-state index contributed by atoms with van der Waals surface area (Å²) < 4.78 is 0. The predicted molar refractivity (Wildman–Crippen MR) is 69.8 cm³/mol. The Labute approximate surface area is 104 Å². The van der Waals surface area contributed by atoms with Crippen molar-refractivity contribution in [2.75, 3.05) is 13.1 Å². The highest BCUT2D eigenvalue weighted by molar-refractivity contribution is 5.78. The molecule has 0 aromatic heterocycles. The van der Waals surface area contributed by atoms with E-state index in [0.717, 1.165) is 19.5 Å². The standard InChI is InChI=1S/C15H21NO/c1-12(2)11-16-9-8-14(10-15(16)17)13-6-4-3-5-7-13/h3-7,12,14H,8-11H2,1-2H3. The minimum atomic E-state index is 0.318. The first-order valence-electron chi connectivity index (χ1n) is 6.49. The fourth-order valence-corrected chi connectivity index (χ4v) is 2.52. The van der Waals surface area contributed by atoms with Crippen molar-refractivity contribution in [2.24, 2.45) is 5.92 Å². The normalized spacial score (nSPS) is 21.0. The fraction of sp³-hybridized carbons (Fsp3) is 0.533. The number of piperidine rings is 1. The van der Waals surface area contributed by atoms with Crippen molar-refractivity contribution in [3.63, 3.8) is 0 Å². The maximum Gasteiger partial charge on any atom is 0.223 e. The lowest BCUT2D eigenvalue weighted by Gasteiger charge is -2.33. The van der Waals surface area contributed by atoms with E-state index in [1.165, 1.54) is 5.56 Å². The summed E-state index contributed by atoms with van der Waals surface area (Å²) in [5, 5.41) is 0. The first-order valence-corrected chi connectivity index (χ1v) is 6.49. The van der Waals surface area contributed by atoms with Gasteiger partial charge in [-0.15, -0.1) is 0 Å². The van der Waals surface area contributed by atoms with Crippen molar-refractivity contribution >= 4 is 5.91 Å². The summed E-state index contributed by atoms with van der Waals surface area (Å²) in [5.41, 5.74) is 1.31. The quantitative estimate of drug-likeness (QED) is 0.783. The zero-order valence-electron chi connectivity index (χ0n) is 10.7. The van der Waals surface area contributed by atoms with Crippen LogP contribution in [0.5, 0.6) is 0 Å². The van der Waals surface area contributed by atoms with Crippen LogP contribution in [0, 0.1) is 5.92 Å². The smallest absolute Gasteiger partial charge is 0.223 e. The molecule has 2 heteroatoms. The molecule has 1 atom stereocenters. The van der Waals surface area contributed by atoms with Crippen molar-refractivity contribution in [1.29, 1.82) is 0 Å². The van der Waals surface area contributed by atoms with Gasteiger partial charge in [-0.1, -0.05) is 44.2 Å². The van der Waals surface area contributed by atoms with Gasteiger partial charge in [0, 0.05) is 19.5 Å². The molecule has 1 heterocycles. The van der Waals surface area contributed by atoms with Crippen LogP contribution in [0.25, 0.3) is 0 Å². The highest BCUT2D eigenvalue weighted by Gasteiger charge is 2.26. The van der Waals surface area contributed by atoms with Crippen LogP contribution in [0.4, 0.5) is 0 Å². The maximum absolute atomic E-state index is 12.0. The molecule has 17 heavy (non-hydrogen) atoms. The van der Waals surface area contributed by atoms with Gasteiger partial charge < -0.3 is 4.90 Å². The molecule has 0 bridgehead atoms. The van der Waals surface area contributed by atoms with Crippen molar-refractivity contribution in [3.8, 4) is 0 Å². The van der Waals surface area contributed by atoms with E-state index in [1.54, 1.807) is 0 Å². The van der Waals surface area contributed by atoms with Gasteiger partial charge in [0.2, 0.25) is 5.91 Å². The number of rotatable bonds is 3. The van der Waals surface area contributed by atoms with E-state index in [4.69, 9.17) is 0 Å². The van der Waals surface area contributed by atoms with E-state index in [-0.39, 0.29) is 0 Å². The summed E-state index contributed by atoms with van der Waals surface area (Å²) in [7, 11) is 0. The summed E-state index contributed by atoms with van der Waals surface area (Å²) in [4.78, 5) is 14.1. The monoisotopic (exact) mass is 231 g/mol. The molecule has 1 amide bonds. The zero-order valence-corrected chi connectivity index (χ0v) is 10.7. The lowest BCUT2D eigenvalue weighted by atomic mass is 9.89. The van der Waals surface area contributed by atoms with Crippen LogP contribution in [0.1, 0.15) is 38.2 Å². The largest absolute Gasteiger partial charge is 0.342 e. The number of carbonyl (C=O) groups excluding carboxylic acids is 1. The molecular formula is C15H21NO. The van der Waals surface area contributed by atoms with E-state index < -0.39 is 0 Å². The lowest BCUT2D eigenvalue weighted by molar-refractivity contribution is -0.134. The molecule has 0 saturated carbocycles. The van der Waals surface area contributed by atoms with Gasteiger partial charge in [0.05, 0.1) is 0 Å². The second-order valence-electron chi connectivity index (χ2n) is 5.33. The van der Waals surface area contributed by atoms with Crippen LogP contribution < -0.4 is 0 Å². The molecule has 2 rings (SSSR count). The van der Waals surface area contributed by atoms with Crippen molar-refractivity contribution in [3.05, 3.63) is 35.9 Å². The van der Waals surface area contributed by atoms with E-state index in [2.05, 4.69) is 38.1 Å². The number of likely N-dealkylation sites (tertiary alicyclic amines) is 1. The average molecular weight is 231 g/mol. The number of hydrogen-bond donors (Lipinski definition) is 0. The molecule has 1 aromatic rings. The minimum Gasteiger partial charge on any atom is -0.342 e. The Kier molecular flexibility index (Phi) is 3.82. The zero-order chi connectivity index (χ0) is 12.3. The van der Waals surface area contributed by atoms with Crippen molar-refractivity contribution in [2.45, 2.75) is 32.6 Å². The van der Waals surface area contributed by atoms with E-state index in [1.807, 2.05) is 11.0 Å². The molecule has 1 aliphatic heterocycles. The highest BCUT2D eigenvalue weighted by Crippen LogP contribution is 2.28. The SMILES string of the molecule is CC(C)CN1CCC(c2ccccc2)CC1=O.